The van der Waals surface area contributed by atoms with Crippen LogP contribution in [0.2, 0.25) is 0 Å². The van der Waals surface area contributed by atoms with E-state index in [2.05, 4.69) is 62.2 Å². The van der Waals surface area contributed by atoms with Crippen LogP contribution in [0.25, 0.3) is 22.4 Å². The molecule has 27 heavy (non-hydrogen) atoms. The summed E-state index contributed by atoms with van der Waals surface area (Å²) in [5.41, 5.74) is 1.11. The van der Waals surface area contributed by atoms with E-state index in [1.54, 1.807) is 10.2 Å². The largest absolute Gasteiger partial charge is 0.395 e. The summed E-state index contributed by atoms with van der Waals surface area (Å²) in [6.07, 6.45) is 3.89. The lowest BCUT2D eigenvalue weighted by molar-refractivity contribution is 0.310. The minimum absolute atomic E-state index is 0.0172. The highest BCUT2D eigenvalue weighted by molar-refractivity contribution is 14.2. The van der Waals surface area contributed by atoms with Crippen LogP contribution in [-0.4, -0.2) is 37.2 Å². The number of fused-ring (bicyclic) bond motifs is 1. The Labute approximate surface area is 172 Å². The highest BCUT2D eigenvalue weighted by atomic mass is 127. The van der Waals surface area contributed by atoms with Gasteiger partial charge >= 0.3 is 0 Å². The first-order valence-electron chi connectivity index (χ1n) is 8.20. The maximum atomic E-state index is 13.7. The molecule has 3 heterocycles. The molecule has 0 aliphatic heterocycles. The second kappa shape index (κ2) is 10.1. The molecule has 0 unspecified atom stereocenters. The Balaban J connectivity index is 0.000000596. The van der Waals surface area contributed by atoms with E-state index < -0.39 is 11.6 Å². The van der Waals surface area contributed by atoms with Crippen molar-refractivity contribution in [3.05, 3.63) is 36.3 Å². The number of nitrogens with one attached hydrogen (secondary N) is 1. The van der Waals surface area contributed by atoms with Gasteiger partial charge in [-0.05, 0) is 12.0 Å². The number of hydrogen-bond acceptors (Lipinski definition) is 6. The molecule has 0 aliphatic carbocycles. The zero-order chi connectivity index (χ0) is 20.0. The Morgan fingerprint density at radius 1 is 1.26 bits per heavy atom. The van der Waals surface area contributed by atoms with Crippen LogP contribution in [0.1, 0.15) is 20.8 Å². The molecule has 3 aromatic rings. The number of pyridine rings is 1. The first-order chi connectivity index (χ1) is 12.9. The van der Waals surface area contributed by atoms with E-state index in [1.807, 2.05) is 0 Å². The number of nitrogens with zero attached hydrogens (tertiary/aromatic N) is 4. The van der Waals surface area contributed by atoms with Gasteiger partial charge in [0.1, 0.15) is 5.82 Å². The molecule has 0 radical (unpaired) electrons. The summed E-state index contributed by atoms with van der Waals surface area (Å²) < 4.78 is 29.0. The summed E-state index contributed by atoms with van der Waals surface area (Å²) in [6, 6.07) is 1.34. The molecule has 0 aliphatic rings. The molecule has 0 bridgehead atoms. The van der Waals surface area contributed by atoms with Crippen molar-refractivity contribution in [2.75, 3.05) is 18.5 Å². The highest BCUT2D eigenvalue weighted by Crippen LogP contribution is 2.32. The minimum Gasteiger partial charge on any atom is -0.395 e. The average molecular weight is 507 g/mol. The van der Waals surface area contributed by atoms with Gasteiger partial charge in [-0.1, -0.05) is 20.8 Å². The first-order valence-corrected chi connectivity index (χ1v) is 11.5. The van der Waals surface area contributed by atoms with Gasteiger partial charge in [-0.3, -0.25) is 3.97 Å². The topological polar surface area (TPSA) is 75.9 Å². The molecule has 0 spiro atoms. The zero-order valence-corrected chi connectivity index (χ0v) is 18.1. The normalized spacial score (nSPS) is 10.8. The summed E-state index contributed by atoms with van der Waals surface area (Å²) in [7, 11) is 1.36. The van der Waals surface area contributed by atoms with Crippen molar-refractivity contribution in [3.8, 4) is 11.4 Å². The van der Waals surface area contributed by atoms with E-state index in [4.69, 9.17) is 5.11 Å². The molecule has 0 atom stereocenters. The monoisotopic (exact) mass is 507 g/mol. The number of aromatic nitrogens is 4. The fraction of sp³-hybridized carbons (Fsp3) is 0.353. The molecule has 2 N–H and O–H groups in total. The molecule has 0 saturated carbocycles. The lowest BCUT2D eigenvalue weighted by Gasteiger charge is -2.06. The number of rotatable bonds is 5. The second-order valence-corrected chi connectivity index (χ2v) is 7.95. The number of aliphatic hydroxyl groups is 1. The van der Waals surface area contributed by atoms with Crippen LogP contribution in [0.15, 0.2) is 24.7 Å². The fourth-order valence-corrected chi connectivity index (χ4v) is 3.34. The lowest BCUT2D eigenvalue weighted by Crippen LogP contribution is -2.09. The molecule has 0 amide bonds. The van der Waals surface area contributed by atoms with Gasteiger partial charge in [0.25, 0.3) is 0 Å². The van der Waals surface area contributed by atoms with Crippen molar-refractivity contribution >= 4 is 47.2 Å². The quantitative estimate of drug-likeness (QED) is 0.489. The SMILES string of the molecule is CC(C)C.OCCNc1nc(-c2cn(SI)c3ncc(F)cc23)ncc1F. The summed E-state index contributed by atoms with van der Waals surface area (Å²) in [5.74, 6) is -0.0425. The molecule has 0 saturated heterocycles. The van der Waals surface area contributed by atoms with Crippen LogP contribution in [-0.2, 0) is 0 Å². The van der Waals surface area contributed by atoms with Crippen LogP contribution in [0, 0.1) is 17.6 Å². The molecular weight excluding hydrogens is 487 g/mol. The maximum absolute atomic E-state index is 13.7. The van der Waals surface area contributed by atoms with Crippen molar-refractivity contribution in [1.82, 2.24) is 18.9 Å². The smallest absolute Gasteiger partial charge is 0.183 e. The molecular formula is C17H20F2IN5OS. The molecule has 0 aromatic carbocycles. The minimum atomic E-state index is -0.626. The predicted octanol–water partition coefficient (Wildman–Crippen LogP) is 4.68. The van der Waals surface area contributed by atoms with Gasteiger partial charge in [0.15, 0.2) is 23.1 Å². The van der Waals surface area contributed by atoms with Crippen molar-refractivity contribution in [3.63, 3.8) is 0 Å². The average Bonchev–Trinajstić information content (AvgIpc) is 2.98. The molecule has 10 heteroatoms. The summed E-state index contributed by atoms with van der Waals surface area (Å²) in [5, 5.41) is 12.0. The Hall–Kier alpha value is -1.53. The standard InChI is InChI=1S/C13H10F2IN5OS.C4H10/c14-7-3-8-9(6-21(23-16)13(8)19-4-7)11-18-5-10(15)12(20-11)17-1-2-22;1-4(2)3/h3-6,22H,1-2H2,(H,17,18,20);4H,1-3H3. The van der Waals surface area contributed by atoms with Crippen molar-refractivity contribution in [2.45, 2.75) is 20.8 Å². The van der Waals surface area contributed by atoms with Crippen LogP contribution in [0.3, 0.4) is 0 Å². The van der Waals surface area contributed by atoms with Gasteiger partial charge in [0, 0.05) is 54.0 Å². The van der Waals surface area contributed by atoms with Gasteiger partial charge in [0.2, 0.25) is 0 Å². The highest BCUT2D eigenvalue weighted by Gasteiger charge is 2.16. The van der Waals surface area contributed by atoms with Crippen LogP contribution in [0.5, 0.6) is 0 Å². The van der Waals surface area contributed by atoms with E-state index in [-0.39, 0.29) is 24.8 Å². The molecule has 3 aromatic heterocycles. The van der Waals surface area contributed by atoms with Crippen molar-refractivity contribution < 1.29 is 13.9 Å². The number of hydrogen-bond donors (Lipinski definition) is 2. The van der Waals surface area contributed by atoms with E-state index in [0.29, 0.717) is 16.6 Å². The Bertz CT molecular complexity index is 904. The Morgan fingerprint density at radius 2 is 1.96 bits per heavy atom. The van der Waals surface area contributed by atoms with E-state index in [1.165, 1.54) is 15.2 Å². The van der Waals surface area contributed by atoms with Gasteiger partial charge in [0.05, 0.1) is 19.0 Å². The van der Waals surface area contributed by atoms with Gasteiger partial charge < -0.3 is 10.4 Å². The predicted molar refractivity (Wildman–Crippen MR) is 114 cm³/mol. The van der Waals surface area contributed by atoms with Crippen LogP contribution in [0.4, 0.5) is 14.6 Å². The van der Waals surface area contributed by atoms with Crippen molar-refractivity contribution in [1.29, 1.82) is 0 Å². The van der Waals surface area contributed by atoms with E-state index in [0.717, 1.165) is 18.3 Å². The van der Waals surface area contributed by atoms with Gasteiger partial charge in [-0.25, -0.2) is 23.7 Å². The molecule has 6 nitrogen and oxygen atoms in total. The van der Waals surface area contributed by atoms with Crippen molar-refractivity contribution in [2.24, 2.45) is 5.92 Å². The fourth-order valence-electron chi connectivity index (χ4n) is 2.08. The third kappa shape index (κ3) is 5.72. The maximum Gasteiger partial charge on any atom is 0.183 e. The number of aliphatic hydroxyl groups excluding tert-OH is 1. The zero-order valence-electron chi connectivity index (χ0n) is 15.1. The second-order valence-electron chi connectivity index (χ2n) is 6.23. The third-order valence-corrected chi connectivity index (χ3v) is 4.74. The molecule has 146 valence electrons. The summed E-state index contributed by atoms with van der Waals surface area (Å²) in [4.78, 5) is 12.2. The summed E-state index contributed by atoms with van der Waals surface area (Å²) >= 11 is 2.08. The third-order valence-electron chi connectivity index (χ3n) is 3.04. The summed E-state index contributed by atoms with van der Waals surface area (Å²) in [6.45, 7) is 6.51. The lowest BCUT2D eigenvalue weighted by atomic mass is 10.2. The Kier molecular flexibility index (Phi) is 8.17. The Morgan fingerprint density at radius 3 is 2.59 bits per heavy atom. The van der Waals surface area contributed by atoms with Gasteiger partial charge in [-0.15, -0.1) is 0 Å². The van der Waals surface area contributed by atoms with Crippen LogP contribution >= 0.6 is 30.3 Å². The van der Waals surface area contributed by atoms with E-state index >= 15 is 0 Å². The van der Waals surface area contributed by atoms with E-state index in [9.17, 15) is 8.78 Å². The van der Waals surface area contributed by atoms with Crippen LogP contribution < -0.4 is 5.32 Å². The van der Waals surface area contributed by atoms with Gasteiger partial charge in [-0.2, -0.15) is 0 Å². The number of halogens is 3. The molecule has 3 rings (SSSR count). The number of anilines is 1. The first kappa shape index (κ1) is 21.8. The molecule has 0 fully saturated rings.